The Morgan fingerprint density at radius 3 is 2.54 bits per heavy atom. The summed E-state index contributed by atoms with van der Waals surface area (Å²) in [5.74, 6) is 0. The average Bonchev–Trinajstić information content (AvgIpc) is 2.67. The lowest BCUT2D eigenvalue weighted by atomic mass is 10.1. The number of ether oxygens (including phenoxy) is 2. The van der Waals surface area contributed by atoms with Crippen molar-refractivity contribution in [1.29, 1.82) is 0 Å². The molecule has 26 heavy (non-hydrogen) atoms. The van der Waals surface area contributed by atoms with Gasteiger partial charge >= 0.3 is 0 Å². The Morgan fingerprint density at radius 1 is 1.08 bits per heavy atom. The Kier molecular flexibility index (Phi) is 6.43. The molecule has 2 aromatic carbocycles. The Morgan fingerprint density at radius 2 is 1.81 bits per heavy atom. The molecule has 0 amide bonds. The second-order valence-corrected chi connectivity index (χ2v) is 8.01. The first-order valence-corrected chi connectivity index (χ1v) is 10.2. The van der Waals surface area contributed by atoms with Gasteiger partial charge in [0, 0.05) is 5.56 Å². The largest absolute Gasteiger partial charge is 0.348 e. The maximum absolute atomic E-state index is 12.2. The van der Waals surface area contributed by atoms with E-state index >= 15 is 0 Å². The predicted molar refractivity (Wildman–Crippen MR) is 98.2 cm³/mol. The van der Waals surface area contributed by atoms with E-state index < -0.39 is 10.1 Å². The molecule has 0 aromatic heterocycles. The maximum atomic E-state index is 12.2. The van der Waals surface area contributed by atoms with Gasteiger partial charge < -0.3 is 9.47 Å². The third-order valence-electron chi connectivity index (χ3n) is 4.32. The van der Waals surface area contributed by atoms with Crippen molar-refractivity contribution in [1.82, 2.24) is 0 Å². The fraction of sp³-hybridized carbons (Fsp3) is 0.400. The Balaban J connectivity index is 1.45. The van der Waals surface area contributed by atoms with E-state index in [-0.39, 0.29) is 23.9 Å². The van der Waals surface area contributed by atoms with Gasteiger partial charge in [-0.1, -0.05) is 48.0 Å². The summed E-state index contributed by atoms with van der Waals surface area (Å²) < 4.78 is 41.1. The Bertz CT molecular complexity index is 787. The highest BCUT2D eigenvalue weighted by Gasteiger charge is 2.24. The molecule has 140 valence electrons. The van der Waals surface area contributed by atoms with Crippen LogP contribution in [-0.4, -0.2) is 27.7 Å². The predicted octanol–water partition coefficient (Wildman–Crippen LogP) is 3.98. The lowest BCUT2D eigenvalue weighted by molar-refractivity contribution is -0.218. The number of aryl methyl sites for hydroxylation is 1. The van der Waals surface area contributed by atoms with E-state index in [1.165, 1.54) is 0 Å². The molecule has 0 unspecified atom stereocenters. The van der Waals surface area contributed by atoms with Gasteiger partial charge in [0.05, 0.1) is 24.2 Å². The molecule has 1 fully saturated rings. The van der Waals surface area contributed by atoms with E-state index in [1.807, 2.05) is 37.3 Å². The third kappa shape index (κ3) is 5.14. The Labute approximate surface area is 155 Å². The smallest absolute Gasteiger partial charge is 0.296 e. The summed E-state index contributed by atoms with van der Waals surface area (Å²) in [5, 5.41) is 0. The van der Waals surface area contributed by atoms with E-state index in [2.05, 4.69) is 0 Å². The van der Waals surface area contributed by atoms with Crippen LogP contribution in [0.25, 0.3) is 0 Å². The topological polar surface area (TPSA) is 61.8 Å². The average molecular weight is 376 g/mol. The van der Waals surface area contributed by atoms with Crippen LogP contribution in [-0.2, 0) is 23.8 Å². The minimum atomic E-state index is -3.70. The zero-order chi connectivity index (χ0) is 18.4. The van der Waals surface area contributed by atoms with Gasteiger partial charge in [-0.15, -0.1) is 0 Å². The van der Waals surface area contributed by atoms with Crippen LogP contribution in [0.15, 0.2) is 59.5 Å². The fourth-order valence-electron chi connectivity index (χ4n) is 2.84. The highest BCUT2D eigenvalue weighted by atomic mass is 32.2. The molecular formula is C20H24O5S. The minimum absolute atomic E-state index is 0.0413. The van der Waals surface area contributed by atoms with Gasteiger partial charge in [-0.2, -0.15) is 8.42 Å². The molecule has 0 radical (unpaired) electrons. The molecule has 0 saturated carbocycles. The molecule has 6 heteroatoms. The fourth-order valence-corrected chi connectivity index (χ4v) is 3.78. The summed E-state index contributed by atoms with van der Waals surface area (Å²) in [4.78, 5) is 0.189. The molecule has 5 nitrogen and oxygen atoms in total. The molecule has 3 rings (SSSR count). The van der Waals surface area contributed by atoms with Crippen molar-refractivity contribution in [3.63, 3.8) is 0 Å². The van der Waals surface area contributed by atoms with E-state index in [0.29, 0.717) is 13.0 Å². The van der Waals surface area contributed by atoms with Crippen LogP contribution in [0.1, 0.15) is 36.7 Å². The first-order chi connectivity index (χ1) is 12.5. The highest BCUT2D eigenvalue weighted by molar-refractivity contribution is 7.86. The quantitative estimate of drug-likeness (QED) is 0.540. The van der Waals surface area contributed by atoms with Gasteiger partial charge in [0.15, 0.2) is 6.29 Å². The first-order valence-electron chi connectivity index (χ1n) is 8.83. The number of hydrogen-bond acceptors (Lipinski definition) is 5. The number of rotatable bonds is 7. The van der Waals surface area contributed by atoms with Gasteiger partial charge in [-0.05, 0) is 38.3 Å². The molecule has 0 bridgehead atoms. The van der Waals surface area contributed by atoms with Gasteiger partial charge in [0.1, 0.15) is 0 Å². The van der Waals surface area contributed by atoms with E-state index in [4.69, 9.17) is 13.7 Å². The van der Waals surface area contributed by atoms with Crippen LogP contribution in [0.3, 0.4) is 0 Å². The third-order valence-corrected chi connectivity index (χ3v) is 5.64. The molecule has 1 aliphatic heterocycles. The summed E-state index contributed by atoms with van der Waals surface area (Å²) in [5.41, 5.74) is 2.00. The molecule has 2 atom stereocenters. The van der Waals surface area contributed by atoms with E-state index in [0.717, 1.165) is 24.0 Å². The summed E-state index contributed by atoms with van der Waals surface area (Å²) >= 11 is 0. The van der Waals surface area contributed by atoms with Crippen LogP contribution >= 0.6 is 0 Å². The molecule has 0 N–H and O–H groups in total. The van der Waals surface area contributed by atoms with Crippen LogP contribution < -0.4 is 0 Å². The lowest BCUT2D eigenvalue weighted by Crippen LogP contribution is -2.27. The van der Waals surface area contributed by atoms with Crippen molar-refractivity contribution in [2.45, 2.75) is 43.5 Å². The van der Waals surface area contributed by atoms with Gasteiger partial charge in [0.25, 0.3) is 10.1 Å². The van der Waals surface area contributed by atoms with Crippen LogP contribution in [0.4, 0.5) is 0 Å². The lowest BCUT2D eigenvalue weighted by Gasteiger charge is -2.30. The zero-order valence-corrected chi connectivity index (χ0v) is 15.7. The van der Waals surface area contributed by atoms with Crippen LogP contribution in [0.5, 0.6) is 0 Å². The number of hydrogen-bond donors (Lipinski definition) is 0. The molecule has 0 spiro atoms. The SMILES string of the molecule is Cc1ccc(S(=O)(=O)OCCC[C@@H]2CCO[C@H](c3ccccc3)O2)cc1. The van der Waals surface area contributed by atoms with E-state index in [9.17, 15) is 8.42 Å². The van der Waals surface area contributed by atoms with Gasteiger partial charge in [0.2, 0.25) is 0 Å². The van der Waals surface area contributed by atoms with Crippen molar-refractivity contribution in [2.24, 2.45) is 0 Å². The van der Waals surface area contributed by atoms with E-state index in [1.54, 1.807) is 24.3 Å². The Hall–Kier alpha value is -1.73. The van der Waals surface area contributed by atoms with Crippen molar-refractivity contribution >= 4 is 10.1 Å². The highest BCUT2D eigenvalue weighted by Crippen LogP contribution is 2.28. The summed E-state index contributed by atoms with van der Waals surface area (Å²) in [6.07, 6.45) is 1.83. The van der Waals surface area contributed by atoms with Crippen molar-refractivity contribution in [3.8, 4) is 0 Å². The monoisotopic (exact) mass is 376 g/mol. The van der Waals surface area contributed by atoms with Crippen molar-refractivity contribution in [2.75, 3.05) is 13.2 Å². The summed E-state index contributed by atoms with van der Waals surface area (Å²) in [7, 11) is -3.70. The second kappa shape index (κ2) is 8.77. The maximum Gasteiger partial charge on any atom is 0.296 e. The summed E-state index contributed by atoms with van der Waals surface area (Å²) in [6, 6.07) is 16.5. The number of benzene rings is 2. The zero-order valence-electron chi connectivity index (χ0n) is 14.8. The molecule has 0 aliphatic carbocycles. The molecular weight excluding hydrogens is 352 g/mol. The van der Waals surface area contributed by atoms with Crippen molar-refractivity contribution < 1.29 is 22.1 Å². The summed E-state index contributed by atoms with van der Waals surface area (Å²) in [6.45, 7) is 2.69. The molecule has 1 heterocycles. The first kappa shape index (κ1) is 19.0. The van der Waals surface area contributed by atoms with Gasteiger partial charge in [-0.3, -0.25) is 4.18 Å². The van der Waals surface area contributed by atoms with Crippen molar-refractivity contribution in [3.05, 3.63) is 65.7 Å². The standard InChI is InChI=1S/C20H24O5S/c1-16-9-11-19(12-10-16)26(21,22)24-14-5-8-18-13-15-23-20(25-18)17-6-3-2-4-7-17/h2-4,6-7,9-12,18,20H,5,8,13-15H2,1H3/t18-,20+/m1/s1. The van der Waals surface area contributed by atoms with Crippen LogP contribution in [0.2, 0.25) is 0 Å². The van der Waals surface area contributed by atoms with Gasteiger partial charge in [-0.25, -0.2) is 0 Å². The minimum Gasteiger partial charge on any atom is -0.348 e. The molecule has 2 aromatic rings. The normalized spacial score (nSPS) is 20.8. The second-order valence-electron chi connectivity index (χ2n) is 6.39. The molecule has 1 aliphatic rings. The van der Waals surface area contributed by atoms with Crippen LogP contribution in [0, 0.1) is 6.92 Å². The molecule has 1 saturated heterocycles.